The highest BCUT2D eigenvalue weighted by Gasteiger charge is 2.18. The standard InChI is InChI=1S/C22H21ClN6O/c1-14-18(16-7-9-17(23)10-8-16)20-26-25-19-21(29(20)27-14)24-13-28(22(19)30)12-11-15-5-3-2-4-6-15/h5,7-10,13H,2-4,6,11-12H2,1H3. The molecule has 5 rings (SSSR count). The van der Waals surface area contributed by atoms with Crippen LogP contribution in [0, 0.1) is 6.92 Å². The zero-order valence-electron chi connectivity index (χ0n) is 16.7. The fourth-order valence-corrected chi connectivity index (χ4v) is 4.20. The number of aromatic nitrogens is 6. The van der Waals surface area contributed by atoms with Crippen LogP contribution in [0.2, 0.25) is 5.02 Å². The zero-order valence-corrected chi connectivity index (χ0v) is 17.4. The van der Waals surface area contributed by atoms with Crippen LogP contribution in [0.1, 0.15) is 37.8 Å². The maximum absolute atomic E-state index is 13.0. The number of allylic oxidation sites excluding steroid dienone is 2. The first kappa shape index (κ1) is 18.9. The summed E-state index contributed by atoms with van der Waals surface area (Å²) in [5.41, 5.74) is 5.03. The molecule has 152 valence electrons. The van der Waals surface area contributed by atoms with Crippen molar-refractivity contribution >= 4 is 28.4 Å². The summed E-state index contributed by atoms with van der Waals surface area (Å²) in [6, 6.07) is 7.49. The molecule has 0 saturated carbocycles. The average Bonchev–Trinajstić information content (AvgIpc) is 3.11. The van der Waals surface area contributed by atoms with Gasteiger partial charge in [0.05, 0.1) is 11.3 Å². The maximum atomic E-state index is 13.0. The molecule has 0 saturated heterocycles. The summed E-state index contributed by atoms with van der Waals surface area (Å²) in [4.78, 5) is 17.5. The molecule has 0 N–H and O–H groups in total. The van der Waals surface area contributed by atoms with Crippen molar-refractivity contribution < 1.29 is 0 Å². The zero-order chi connectivity index (χ0) is 20.7. The summed E-state index contributed by atoms with van der Waals surface area (Å²) < 4.78 is 3.23. The van der Waals surface area contributed by atoms with E-state index in [4.69, 9.17) is 11.6 Å². The Kier molecular flexibility index (Phi) is 4.83. The molecule has 7 nitrogen and oxygen atoms in total. The SMILES string of the molecule is Cc1nn2c(nnc3c(=O)n(CCC4=CCCCC4)cnc32)c1-c1ccc(Cl)cc1. The van der Waals surface area contributed by atoms with E-state index in [1.54, 1.807) is 15.4 Å². The molecule has 1 aromatic carbocycles. The Morgan fingerprint density at radius 1 is 1.10 bits per heavy atom. The number of aryl methyl sites for hydroxylation is 2. The molecule has 0 spiro atoms. The molecule has 0 amide bonds. The molecule has 0 fully saturated rings. The van der Waals surface area contributed by atoms with Gasteiger partial charge in [0.15, 0.2) is 16.8 Å². The molecule has 30 heavy (non-hydrogen) atoms. The molecule has 1 aliphatic carbocycles. The minimum Gasteiger partial charge on any atom is -0.297 e. The van der Waals surface area contributed by atoms with E-state index in [9.17, 15) is 4.79 Å². The van der Waals surface area contributed by atoms with Crippen molar-refractivity contribution in [1.82, 2.24) is 29.4 Å². The van der Waals surface area contributed by atoms with Crippen molar-refractivity contribution in [3.8, 4) is 11.1 Å². The first-order chi connectivity index (χ1) is 14.6. The fraction of sp³-hybridized carbons (Fsp3) is 0.318. The molecule has 4 aromatic rings. The van der Waals surface area contributed by atoms with Gasteiger partial charge in [-0.15, -0.1) is 10.2 Å². The molecular weight excluding hydrogens is 400 g/mol. The van der Waals surface area contributed by atoms with Crippen LogP contribution in [0.4, 0.5) is 0 Å². The lowest BCUT2D eigenvalue weighted by Gasteiger charge is -2.13. The maximum Gasteiger partial charge on any atom is 0.283 e. The van der Waals surface area contributed by atoms with Gasteiger partial charge in [-0.1, -0.05) is 35.4 Å². The Bertz CT molecular complexity index is 1340. The molecule has 3 aromatic heterocycles. The van der Waals surface area contributed by atoms with Crippen molar-refractivity contribution in [2.75, 3.05) is 0 Å². The Labute approximate surface area is 178 Å². The second kappa shape index (κ2) is 7.65. The minimum absolute atomic E-state index is 0.188. The van der Waals surface area contributed by atoms with Crippen LogP contribution in [0.3, 0.4) is 0 Å². The lowest BCUT2D eigenvalue weighted by Crippen LogP contribution is -2.23. The lowest BCUT2D eigenvalue weighted by molar-refractivity contribution is 0.609. The first-order valence-electron chi connectivity index (χ1n) is 10.2. The summed E-state index contributed by atoms with van der Waals surface area (Å²) in [5.74, 6) is 0. The molecule has 3 heterocycles. The number of rotatable bonds is 4. The highest BCUT2D eigenvalue weighted by molar-refractivity contribution is 6.30. The number of fused-ring (bicyclic) bond motifs is 3. The third kappa shape index (κ3) is 3.29. The van der Waals surface area contributed by atoms with Gasteiger partial charge in [0.1, 0.15) is 6.33 Å². The summed E-state index contributed by atoms with van der Waals surface area (Å²) in [6.45, 7) is 2.51. The second-order valence-corrected chi connectivity index (χ2v) is 8.11. The average molecular weight is 421 g/mol. The van der Waals surface area contributed by atoms with Gasteiger partial charge in [0, 0.05) is 11.6 Å². The van der Waals surface area contributed by atoms with Gasteiger partial charge >= 0.3 is 0 Å². The van der Waals surface area contributed by atoms with E-state index in [0.29, 0.717) is 22.9 Å². The van der Waals surface area contributed by atoms with Gasteiger partial charge < -0.3 is 0 Å². The van der Waals surface area contributed by atoms with E-state index >= 15 is 0 Å². The molecule has 0 radical (unpaired) electrons. The Morgan fingerprint density at radius 3 is 2.70 bits per heavy atom. The fourth-order valence-electron chi connectivity index (χ4n) is 4.07. The van der Waals surface area contributed by atoms with Gasteiger partial charge in [-0.25, -0.2) is 4.98 Å². The third-order valence-corrected chi connectivity index (χ3v) is 5.92. The third-order valence-electron chi connectivity index (χ3n) is 5.67. The lowest BCUT2D eigenvalue weighted by atomic mass is 9.97. The molecule has 8 heteroatoms. The van der Waals surface area contributed by atoms with E-state index in [0.717, 1.165) is 36.1 Å². The van der Waals surface area contributed by atoms with E-state index in [1.807, 2.05) is 31.2 Å². The van der Waals surface area contributed by atoms with Crippen molar-refractivity contribution in [3.63, 3.8) is 0 Å². The van der Waals surface area contributed by atoms with E-state index in [-0.39, 0.29) is 11.1 Å². The Hall–Kier alpha value is -3.06. The highest BCUT2D eigenvalue weighted by atomic mass is 35.5. The summed E-state index contributed by atoms with van der Waals surface area (Å²) in [5, 5.41) is 13.8. The van der Waals surface area contributed by atoms with Crippen molar-refractivity contribution in [2.45, 2.75) is 45.6 Å². The monoisotopic (exact) mass is 420 g/mol. The summed E-state index contributed by atoms with van der Waals surface area (Å²) in [7, 11) is 0. The van der Waals surface area contributed by atoms with E-state index in [2.05, 4.69) is 26.4 Å². The van der Waals surface area contributed by atoms with Crippen LogP contribution in [-0.2, 0) is 6.54 Å². The smallest absolute Gasteiger partial charge is 0.283 e. The van der Waals surface area contributed by atoms with Crippen LogP contribution < -0.4 is 5.56 Å². The molecule has 0 aliphatic heterocycles. The number of hydrogen-bond acceptors (Lipinski definition) is 5. The van der Waals surface area contributed by atoms with Gasteiger partial charge in [-0.05, 0) is 56.7 Å². The number of halogens is 1. The van der Waals surface area contributed by atoms with E-state index < -0.39 is 0 Å². The summed E-state index contributed by atoms with van der Waals surface area (Å²) in [6.07, 6.45) is 9.51. The van der Waals surface area contributed by atoms with Crippen molar-refractivity contribution in [3.05, 3.63) is 63.3 Å². The summed E-state index contributed by atoms with van der Waals surface area (Å²) >= 11 is 6.02. The Morgan fingerprint density at radius 2 is 1.93 bits per heavy atom. The van der Waals surface area contributed by atoms with Crippen molar-refractivity contribution in [1.29, 1.82) is 0 Å². The van der Waals surface area contributed by atoms with E-state index in [1.165, 1.54) is 18.4 Å². The predicted molar refractivity (Wildman–Crippen MR) is 117 cm³/mol. The molecule has 0 bridgehead atoms. The van der Waals surface area contributed by atoms with Gasteiger partial charge in [0.25, 0.3) is 5.56 Å². The Balaban J connectivity index is 1.56. The number of benzene rings is 1. The number of nitrogens with zero attached hydrogens (tertiary/aromatic N) is 6. The first-order valence-corrected chi connectivity index (χ1v) is 10.5. The molecule has 1 aliphatic rings. The number of hydrogen-bond donors (Lipinski definition) is 0. The van der Waals surface area contributed by atoms with Crippen LogP contribution in [0.5, 0.6) is 0 Å². The largest absolute Gasteiger partial charge is 0.297 e. The minimum atomic E-state index is -0.188. The van der Waals surface area contributed by atoms with Gasteiger partial charge in [0.2, 0.25) is 0 Å². The van der Waals surface area contributed by atoms with Crippen molar-refractivity contribution in [2.24, 2.45) is 0 Å². The molecule has 0 unspecified atom stereocenters. The van der Waals surface area contributed by atoms with Gasteiger partial charge in [-0.2, -0.15) is 9.61 Å². The molecular formula is C22H21ClN6O. The van der Waals surface area contributed by atoms with Crippen LogP contribution >= 0.6 is 11.6 Å². The predicted octanol–water partition coefficient (Wildman–Crippen LogP) is 4.35. The van der Waals surface area contributed by atoms with Crippen LogP contribution in [-0.4, -0.2) is 29.4 Å². The van der Waals surface area contributed by atoms with Crippen LogP contribution in [0.15, 0.2) is 47.0 Å². The quantitative estimate of drug-likeness (QED) is 0.458. The van der Waals surface area contributed by atoms with Crippen LogP contribution in [0.25, 0.3) is 27.9 Å². The highest BCUT2D eigenvalue weighted by Crippen LogP contribution is 2.28. The topological polar surface area (TPSA) is 78.0 Å². The second-order valence-electron chi connectivity index (χ2n) is 7.68. The van der Waals surface area contributed by atoms with Gasteiger partial charge in [-0.3, -0.25) is 9.36 Å². The normalized spacial score (nSPS) is 14.4. The molecule has 0 atom stereocenters.